The maximum atomic E-state index is 13.2. The van der Waals surface area contributed by atoms with E-state index in [1.54, 1.807) is 11.1 Å². The number of rotatable bonds is 4. The molecule has 0 N–H and O–H groups in total. The molecule has 2 aromatic carbocycles. The largest absolute Gasteiger partial charge is 0.278 e. The highest BCUT2D eigenvalue weighted by molar-refractivity contribution is 7.22. The number of aromatic nitrogens is 2. The van der Waals surface area contributed by atoms with Gasteiger partial charge in [0.2, 0.25) is 0 Å². The summed E-state index contributed by atoms with van der Waals surface area (Å²) in [7, 11) is 0. The predicted molar refractivity (Wildman–Crippen MR) is 106 cm³/mol. The van der Waals surface area contributed by atoms with Crippen molar-refractivity contribution in [1.82, 2.24) is 9.97 Å². The highest BCUT2D eigenvalue weighted by Gasteiger charge is 2.22. The van der Waals surface area contributed by atoms with Gasteiger partial charge < -0.3 is 0 Å². The van der Waals surface area contributed by atoms with E-state index in [1.807, 2.05) is 60.7 Å². The SMILES string of the molecule is Cc1ccc2nc(N(Cc3ccccn3)C(=O)c3ccccc3)sc2c1. The minimum absolute atomic E-state index is 0.0768. The molecule has 0 aliphatic carbocycles. The topological polar surface area (TPSA) is 46.1 Å². The van der Waals surface area contributed by atoms with E-state index in [4.69, 9.17) is 4.98 Å². The molecule has 0 aliphatic rings. The molecular formula is C21H17N3OS. The second kappa shape index (κ2) is 7.06. The Kier molecular flexibility index (Phi) is 4.46. The van der Waals surface area contributed by atoms with Crippen molar-refractivity contribution in [2.45, 2.75) is 13.5 Å². The lowest BCUT2D eigenvalue weighted by molar-refractivity contribution is 0.0985. The van der Waals surface area contributed by atoms with Crippen LogP contribution < -0.4 is 4.90 Å². The zero-order valence-corrected chi connectivity index (χ0v) is 15.1. The van der Waals surface area contributed by atoms with E-state index >= 15 is 0 Å². The number of fused-ring (bicyclic) bond motifs is 1. The number of amides is 1. The Balaban J connectivity index is 1.77. The van der Waals surface area contributed by atoms with Crippen LogP contribution >= 0.6 is 11.3 Å². The Morgan fingerprint density at radius 2 is 1.85 bits per heavy atom. The number of benzene rings is 2. The van der Waals surface area contributed by atoms with E-state index in [0.29, 0.717) is 17.2 Å². The lowest BCUT2D eigenvalue weighted by Crippen LogP contribution is -2.30. The zero-order chi connectivity index (χ0) is 17.9. The number of carbonyl (C=O) groups excluding carboxylic acids is 1. The first-order valence-corrected chi connectivity index (χ1v) is 9.16. The van der Waals surface area contributed by atoms with Gasteiger partial charge in [0.15, 0.2) is 5.13 Å². The Hall–Kier alpha value is -3.05. The molecule has 4 rings (SSSR count). The van der Waals surface area contributed by atoms with Gasteiger partial charge in [-0.1, -0.05) is 41.7 Å². The van der Waals surface area contributed by atoms with Gasteiger partial charge in [-0.25, -0.2) is 4.98 Å². The number of thiazole rings is 1. The number of hydrogen-bond donors (Lipinski definition) is 0. The lowest BCUT2D eigenvalue weighted by Gasteiger charge is -2.19. The third-order valence-electron chi connectivity index (χ3n) is 4.08. The van der Waals surface area contributed by atoms with Crippen LogP contribution in [0.5, 0.6) is 0 Å². The van der Waals surface area contributed by atoms with Gasteiger partial charge in [-0.15, -0.1) is 0 Å². The highest BCUT2D eigenvalue weighted by Crippen LogP contribution is 2.31. The quantitative estimate of drug-likeness (QED) is 0.523. The van der Waals surface area contributed by atoms with Crippen LogP contribution in [-0.4, -0.2) is 15.9 Å². The summed E-state index contributed by atoms with van der Waals surface area (Å²) in [6.07, 6.45) is 1.74. The number of anilines is 1. The molecule has 0 atom stereocenters. The maximum Gasteiger partial charge on any atom is 0.260 e. The van der Waals surface area contributed by atoms with Crippen LogP contribution in [0.15, 0.2) is 72.9 Å². The summed E-state index contributed by atoms with van der Waals surface area (Å²) in [5.41, 5.74) is 3.55. The minimum atomic E-state index is -0.0768. The van der Waals surface area contributed by atoms with E-state index in [-0.39, 0.29) is 5.91 Å². The monoisotopic (exact) mass is 359 g/mol. The average Bonchev–Trinajstić information content (AvgIpc) is 3.10. The maximum absolute atomic E-state index is 13.2. The summed E-state index contributed by atoms with van der Waals surface area (Å²) in [5.74, 6) is -0.0768. The van der Waals surface area contributed by atoms with Crippen molar-refractivity contribution in [3.63, 3.8) is 0 Å². The Morgan fingerprint density at radius 3 is 2.62 bits per heavy atom. The molecule has 4 aromatic rings. The van der Waals surface area contributed by atoms with Gasteiger partial charge in [0, 0.05) is 11.8 Å². The van der Waals surface area contributed by atoms with Crippen LogP contribution in [0.2, 0.25) is 0 Å². The Labute approximate surface area is 155 Å². The third kappa shape index (κ3) is 3.34. The zero-order valence-electron chi connectivity index (χ0n) is 14.3. The van der Waals surface area contributed by atoms with Crippen molar-refractivity contribution >= 4 is 32.6 Å². The molecule has 26 heavy (non-hydrogen) atoms. The summed E-state index contributed by atoms with van der Waals surface area (Å²) in [4.78, 5) is 23.9. The fourth-order valence-corrected chi connectivity index (χ4v) is 3.81. The summed E-state index contributed by atoms with van der Waals surface area (Å²) < 4.78 is 1.08. The van der Waals surface area contributed by atoms with Crippen molar-refractivity contribution in [2.75, 3.05) is 4.90 Å². The average molecular weight is 359 g/mol. The normalized spacial score (nSPS) is 10.8. The van der Waals surface area contributed by atoms with E-state index in [2.05, 4.69) is 18.0 Å². The summed E-state index contributed by atoms with van der Waals surface area (Å²) in [6.45, 7) is 2.44. The molecule has 128 valence electrons. The van der Waals surface area contributed by atoms with Crippen LogP contribution in [-0.2, 0) is 6.54 Å². The molecule has 2 aromatic heterocycles. The van der Waals surface area contributed by atoms with E-state index < -0.39 is 0 Å². The first-order chi connectivity index (χ1) is 12.7. The van der Waals surface area contributed by atoms with Gasteiger partial charge in [0.25, 0.3) is 5.91 Å². The first-order valence-electron chi connectivity index (χ1n) is 8.35. The van der Waals surface area contributed by atoms with Gasteiger partial charge in [-0.05, 0) is 48.9 Å². The number of aryl methyl sites for hydroxylation is 1. The van der Waals surface area contributed by atoms with Crippen LogP contribution in [0.1, 0.15) is 21.6 Å². The van der Waals surface area contributed by atoms with Crippen LogP contribution in [0, 0.1) is 6.92 Å². The fourth-order valence-electron chi connectivity index (χ4n) is 2.75. The van der Waals surface area contributed by atoms with Gasteiger partial charge in [-0.2, -0.15) is 0 Å². The van der Waals surface area contributed by atoms with Crippen LogP contribution in [0.4, 0.5) is 5.13 Å². The summed E-state index contributed by atoms with van der Waals surface area (Å²) in [6, 6.07) is 21.1. The Morgan fingerprint density at radius 1 is 1.04 bits per heavy atom. The Bertz CT molecular complexity index is 1040. The second-order valence-electron chi connectivity index (χ2n) is 6.05. The molecule has 0 fully saturated rings. The molecule has 4 nitrogen and oxygen atoms in total. The van der Waals surface area contributed by atoms with Gasteiger partial charge in [0.05, 0.1) is 22.5 Å². The number of nitrogens with zero attached hydrogens (tertiary/aromatic N) is 3. The van der Waals surface area contributed by atoms with Gasteiger partial charge >= 0.3 is 0 Å². The predicted octanol–water partition coefficient (Wildman–Crippen LogP) is 4.85. The molecule has 0 aliphatic heterocycles. The van der Waals surface area contributed by atoms with Crippen molar-refractivity contribution in [1.29, 1.82) is 0 Å². The van der Waals surface area contributed by atoms with Crippen LogP contribution in [0.25, 0.3) is 10.2 Å². The first kappa shape index (κ1) is 16.4. The van der Waals surface area contributed by atoms with Gasteiger partial charge in [-0.3, -0.25) is 14.7 Å². The van der Waals surface area contributed by atoms with E-state index in [9.17, 15) is 4.79 Å². The molecule has 0 unspecified atom stereocenters. The van der Waals surface area contributed by atoms with E-state index in [1.165, 1.54) is 16.9 Å². The van der Waals surface area contributed by atoms with Crippen molar-refractivity contribution in [2.24, 2.45) is 0 Å². The van der Waals surface area contributed by atoms with Crippen molar-refractivity contribution in [3.8, 4) is 0 Å². The minimum Gasteiger partial charge on any atom is -0.278 e. The van der Waals surface area contributed by atoms with Gasteiger partial charge in [0.1, 0.15) is 0 Å². The smallest absolute Gasteiger partial charge is 0.260 e. The van der Waals surface area contributed by atoms with E-state index in [0.717, 1.165) is 15.9 Å². The summed E-state index contributed by atoms with van der Waals surface area (Å²) >= 11 is 1.53. The second-order valence-corrected chi connectivity index (χ2v) is 7.06. The standard InChI is InChI=1S/C21H17N3OS/c1-15-10-11-18-19(13-15)26-21(23-18)24(14-17-9-5-6-12-22-17)20(25)16-7-3-2-4-8-16/h2-13H,14H2,1H3. The van der Waals surface area contributed by atoms with Crippen molar-refractivity contribution in [3.05, 3.63) is 89.7 Å². The fraction of sp³-hybridized carbons (Fsp3) is 0.0952. The lowest BCUT2D eigenvalue weighted by atomic mass is 10.2. The number of pyridine rings is 1. The summed E-state index contributed by atoms with van der Waals surface area (Å²) in [5, 5.41) is 0.685. The third-order valence-corrected chi connectivity index (χ3v) is 5.12. The molecule has 5 heteroatoms. The molecule has 0 saturated heterocycles. The molecule has 2 heterocycles. The molecule has 0 saturated carbocycles. The molecule has 1 amide bonds. The molecule has 0 radical (unpaired) electrons. The molecular weight excluding hydrogens is 342 g/mol. The van der Waals surface area contributed by atoms with Crippen molar-refractivity contribution < 1.29 is 4.79 Å². The number of carbonyl (C=O) groups is 1. The highest BCUT2D eigenvalue weighted by atomic mass is 32.1. The molecule has 0 spiro atoms. The number of hydrogen-bond acceptors (Lipinski definition) is 4. The van der Waals surface area contributed by atoms with Crippen LogP contribution in [0.3, 0.4) is 0 Å². The molecule has 0 bridgehead atoms.